The first-order chi connectivity index (χ1) is 16.0. The number of ether oxygens (including phenoxy) is 3. The molecule has 0 saturated heterocycles. The Kier molecular flexibility index (Phi) is 6.59. The molecule has 2 amide bonds. The number of nitrogens with one attached hydrogen (secondary N) is 2. The van der Waals surface area contributed by atoms with Crippen LogP contribution in [0.4, 0.5) is 5.69 Å². The van der Waals surface area contributed by atoms with Gasteiger partial charge in [-0.1, -0.05) is 35.9 Å². The van der Waals surface area contributed by atoms with E-state index in [1.165, 1.54) is 6.08 Å². The summed E-state index contributed by atoms with van der Waals surface area (Å²) in [6.45, 7) is 2.15. The molecule has 0 unspecified atom stereocenters. The number of fused-ring (bicyclic) bond motifs is 1. The number of hydrogen-bond acceptors (Lipinski definition) is 5. The quantitative estimate of drug-likeness (QED) is 0.533. The van der Waals surface area contributed by atoms with Crippen LogP contribution in [-0.4, -0.2) is 25.7 Å². The largest absolute Gasteiger partial charge is 0.497 e. The Morgan fingerprint density at radius 1 is 0.970 bits per heavy atom. The van der Waals surface area contributed by atoms with Gasteiger partial charge in [-0.25, -0.2) is 0 Å². The maximum absolute atomic E-state index is 13.1. The van der Waals surface area contributed by atoms with Gasteiger partial charge in [-0.2, -0.15) is 0 Å². The van der Waals surface area contributed by atoms with Crippen molar-refractivity contribution in [3.05, 3.63) is 89.5 Å². The van der Waals surface area contributed by atoms with Crippen molar-refractivity contribution in [1.82, 2.24) is 5.32 Å². The van der Waals surface area contributed by atoms with Crippen LogP contribution in [0.15, 0.2) is 72.8 Å². The Hall–Kier alpha value is -4.26. The van der Waals surface area contributed by atoms with Gasteiger partial charge in [0, 0.05) is 11.8 Å². The Morgan fingerprint density at radius 3 is 2.42 bits per heavy atom. The van der Waals surface area contributed by atoms with Gasteiger partial charge in [-0.3, -0.25) is 9.59 Å². The van der Waals surface area contributed by atoms with Crippen LogP contribution in [0.25, 0.3) is 6.08 Å². The fourth-order valence-electron chi connectivity index (χ4n) is 3.33. The highest BCUT2D eigenvalue weighted by atomic mass is 16.7. The number of carbonyl (C=O) groups is 2. The van der Waals surface area contributed by atoms with Crippen LogP contribution in [0, 0.1) is 6.92 Å². The maximum Gasteiger partial charge on any atom is 0.251 e. The van der Waals surface area contributed by atoms with Gasteiger partial charge in [0.05, 0.1) is 7.11 Å². The minimum atomic E-state index is -0.874. The Balaban J connectivity index is 1.49. The first kappa shape index (κ1) is 22.0. The van der Waals surface area contributed by atoms with Gasteiger partial charge in [0.1, 0.15) is 11.8 Å². The number of amides is 2. The standard InChI is InChI=1S/C26H24N2O5/c1-17-3-7-19(8-4-17)25(26(30)27-20-9-11-21(31-2)12-10-20)28-24(29)14-6-18-5-13-22-23(15-18)33-16-32-22/h3-15,25H,16H2,1-2H3,(H,27,30)(H,28,29)/b14-6-/t25-/m1/s1. The first-order valence-electron chi connectivity index (χ1n) is 10.4. The molecule has 1 aliphatic heterocycles. The summed E-state index contributed by atoms with van der Waals surface area (Å²) < 4.78 is 15.8. The van der Waals surface area contributed by atoms with E-state index in [4.69, 9.17) is 14.2 Å². The van der Waals surface area contributed by atoms with E-state index in [1.807, 2.05) is 37.3 Å². The minimum absolute atomic E-state index is 0.185. The van der Waals surface area contributed by atoms with Gasteiger partial charge in [0.15, 0.2) is 11.5 Å². The molecule has 2 N–H and O–H groups in total. The third-order valence-corrected chi connectivity index (χ3v) is 5.14. The number of carbonyl (C=O) groups excluding carboxylic acids is 2. The lowest BCUT2D eigenvalue weighted by Gasteiger charge is -2.18. The Labute approximate surface area is 192 Å². The van der Waals surface area contributed by atoms with Crippen LogP contribution in [-0.2, 0) is 9.59 Å². The van der Waals surface area contributed by atoms with Gasteiger partial charge in [0.2, 0.25) is 12.7 Å². The van der Waals surface area contributed by atoms with Crippen LogP contribution in [0.3, 0.4) is 0 Å². The first-order valence-corrected chi connectivity index (χ1v) is 10.4. The SMILES string of the molecule is COc1ccc(NC(=O)[C@H](NC(=O)/C=C\c2ccc3c(c2)OCO3)c2ccc(C)cc2)cc1. The van der Waals surface area contributed by atoms with Crippen molar-refractivity contribution in [2.24, 2.45) is 0 Å². The molecule has 168 valence electrons. The molecule has 3 aromatic rings. The molecule has 0 bridgehead atoms. The van der Waals surface area contributed by atoms with Crippen LogP contribution in [0.1, 0.15) is 22.7 Å². The zero-order chi connectivity index (χ0) is 23.2. The van der Waals surface area contributed by atoms with Gasteiger partial charge < -0.3 is 24.8 Å². The summed E-state index contributed by atoms with van der Waals surface area (Å²) in [5.41, 5.74) is 3.12. The summed E-state index contributed by atoms with van der Waals surface area (Å²) >= 11 is 0. The highest BCUT2D eigenvalue weighted by Crippen LogP contribution is 2.32. The van der Waals surface area contributed by atoms with Crippen LogP contribution in [0.2, 0.25) is 0 Å². The molecule has 4 rings (SSSR count). The normalized spacial score (nSPS) is 12.9. The van der Waals surface area contributed by atoms with Gasteiger partial charge in [-0.15, -0.1) is 0 Å². The molecule has 0 aliphatic carbocycles. The molecule has 0 spiro atoms. The Morgan fingerprint density at radius 2 is 1.70 bits per heavy atom. The molecule has 33 heavy (non-hydrogen) atoms. The fourth-order valence-corrected chi connectivity index (χ4v) is 3.33. The summed E-state index contributed by atoms with van der Waals surface area (Å²) in [5.74, 6) is 1.24. The van der Waals surface area contributed by atoms with Crippen molar-refractivity contribution in [1.29, 1.82) is 0 Å². The lowest BCUT2D eigenvalue weighted by atomic mass is 10.0. The lowest BCUT2D eigenvalue weighted by molar-refractivity contribution is -0.123. The van der Waals surface area contributed by atoms with Crippen molar-refractivity contribution < 1.29 is 23.8 Å². The van der Waals surface area contributed by atoms with E-state index in [2.05, 4.69) is 10.6 Å². The number of benzene rings is 3. The zero-order valence-electron chi connectivity index (χ0n) is 18.3. The van der Waals surface area contributed by atoms with Crippen molar-refractivity contribution in [3.8, 4) is 17.2 Å². The number of methoxy groups -OCH3 is 1. The Bertz CT molecular complexity index is 1170. The number of anilines is 1. The van der Waals surface area contributed by atoms with Crippen molar-refractivity contribution >= 4 is 23.6 Å². The van der Waals surface area contributed by atoms with E-state index < -0.39 is 11.9 Å². The minimum Gasteiger partial charge on any atom is -0.497 e. The maximum atomic E-state index is 13.1. The molecular formula is C26H24N2O5. The molecule has 0 saturated carbocycles. The molecule has 7 heteroatoms. The predicted octanol–water partition coefficient (Wildman–Crippen LogP) is 4.24. The molecular weight excluding hydrogens is 420 g/mol. The molecule has 0 radical (unpaired) electrons. The third-order valence-electron chi connectivity index (χ3n) is 5.14. The monoisotopic (exact) mass is 444 g/mol. The molecule has 1 aliphatic rings. The van der Waals surface area contributed by atoms with Gasteiger partial charge in [0.25, 0.3) is 5.91 Å². The van der Waals surface area contributed by atoms with Crippen LogP contribution >= 0.6 is 0 Å². The van der Waals surface area contributed by atoms with E-state index in [-0.39, 0.29) is 12.7 Å². The molecule has 7 nitrogen and oxygen atoms in total. The average Bonchev–Trinajstić information content (AvgIpc) is 3.30. The van der Waals surface area contributed by atoms with Crippen molar-refractivity contribution in [2.45, 2.75) is 13.0 Å². The summed E-state index contributed by atoms with van der Waals surface area (Å²) in [6, 6.07) is 19.0. The number of hydrogen-bond donors (Lipinski definition) is 2. The summed E-state index contributed by atoms with van der Waals surface area (Å²) in [7, 11) is 1.58. The molecule has 1 heterocycles. The number of aryl methyl sites for hydroxylation is 1. The van der Waals surface area contributed by atoms with E-state index in [0.29, 0.717) is 28.5 Å². The lowest BCUT2D eigenvalue weighted by Crippen LogP contribution is -2.36. The average molecular weight is 444 g/mol. The van der Waals surface area contributed by atoms with E-state index in [0.717, 1.165) is 11.1 Å². The van der Waals surface area contributed by atoms with E-state index in [9.17, 15) is 9.59 Å². The second-order valence-corrected chi connectivity index (χ2v) is 7.52. The molecule has 0 fully saturated rings. The number of rotatable bonds is 7. The topological polar surface area (TPSA) is 85.9 Å². The van der Waals surface area contributed by atoms with Crippen LogP contribution in [0.5, 0.6) is 17.2 Å². The molecule has 1 atom stereocenters. The van der Waals surface area contributed by atoms with Crippen molar-refractivity contribution in [3.63, 3.8) is 0 Å². The van der Waals surface area contributed by atoms with Crippen molar-refractivity contribution in [2.75, 3.05) is 19.2 Å². The molecule has 3 aromatic carbocycles. The summed E-state index contributed by atoms with van der Waals surface area (Å²) in [5, 5.41) is 5.65. The highest BCUT2D eigenvalue weighted by Gasteiger charge is 2.22. The van der Waals surface area contributed by atoms with Gasteiger partial charge >= 0.3 is 0 Å². The zero-order valence-corrected chi connectivity index (χ0v) is 18.3. The summed E-state index contributed by atoms with van der Waals surface area (Å²) in [6.07, 6.45) is 3.05. The second kappa shape index (κ2) is 9.91. The van der Waals surface area contributed by atoms with E-state index in [1.54, 1.807) is 49.6 Å². The smallest absolute Gasteiger partial charge is 0.251 e. The van der Waals surface area contributed by atoms with Crippen LogP contribution < -0.4 is 24.8 Å². The fraction of sp³-hybridized carbons (Fsp3) is 0.154. The highest BCUT2D eigenvalue weighted by molar-refractivity contribution is 6.00. The predicted molar refractivity (Wildman–Crippen MR) is 125 cm³/mol. The molecule has 0 aromatic heterocycles. The summed E-state index contributed by atoms with van der Waals surface area (Å²) in [4.78, 5) is 25.8. The third kappa shape index (κ3) is 5.51. The van der Waals surface area contributed by atoms with Gasteiger partial charge in [-0.05, 0) is 60.5 Å². The van der Waals surface area contributed by atoms with E-state index >= 15 is 0 Å². The second-order valence-electron chi connectivity index (χ2n) is 7.52.